The lowest BCUT2D eigenvalue weighted by Crippen LogP contribution is -2.38. The minimum Gasteiger partial charge on any atom is -0.382 e. The van der Waals surface area contributed by atoms with Crippen LogP contribution in [0.5, 0.6) is 0 Å². The first-order chi connectivity index (χ1) is 16.6. The Bertz CT molecular complexity index is 1240. The Balaban J connectivity index is 1.39. The molecule has 2 aromatic carbocycles. The minimum atomic E-state index is -1.46. The van der Waals surface area contributed by atoms with Gasteiger partial charge < -0.3 is 19.9 Å². The van der Waals surface area contributed by atoms with Crippen molar-refractivity contribution in [3.63, 3.8) is 0 Å². The van der Waals surface area contributed by atoms with E-state index in [-0.39, 0.29) is 13.2 Å². The number of benzene rings is 2. The highest BCUT2D eigenvalue weighted by Crippen LogP contribution is 2.43. The maximum Gasteiger partial charge on any atom is 0.163 e. The number of ether oxygens (including phenoxy) is 3. The van der Waals surface area contributed by atoms with Gasteiger partial charge in [-0.3, -0.25) is 0 Å². The molecule has 7 nitrogen and oxygen atoms in total. The highest BCUT2D eigenvalue weighted by molar-refractivity contribution is 5.65. The Morgan fingerprint density at radius 1 is 1.00 bits per heavy atom. The summed E-state index contributed by atoms with van der Waals surface area (Å²) in [6, 6.07) is 23.1. The van der Waals surface area contributed by atoms with Crippen molar-refractivity contribution in [1.82, 2.24) is 14.6 Å². The molecule has 0 saturated carbocycles. The second-order valence-electron chi connectivity index (χ2n) is 8.59. The van der Waals surface area contributed by atoms with Crippen LogP contribution in [-0.2, 0) is 33.0 Å². The van der Waals surface area contributed by atoms with Crippen LogP contribution in [0.15, 0.2) is 79.1 Å². The van der Waals surface area contributed by atoms with Crippen molar-refractivity contribution in [1.29, 1.82) is 0 Å². The summed E-state index contributed by atoms with van der Waals surface area (Å²) in [5.74, 6) is 0.317. The average Bonchev–Trinajstić information content (AvgIpc) is 3.40. The maximum atomic E-state index is 16.1. The third-order valence-electron chi connectivity index (χ3n) is 6.25. The first-order valence-corrected chi connectivity index (χ1v) is 11.2. The molecule has 4 aromatic rings. The van der Waals surface area contributed by atoms with Crippen LogP contribution in [0.2, 0.25) is 0 Å². The van der Waals surface area contributed by atoms with Gasteiger partial charge in [-0.1, -0.05) is 60.7 Å². The molecule has 0 aliphatic carbocycles. The molecule has 176 valence electrons. The zero-order valence-corrected chi connectivity index (χ0v) is 18.9. The second-order valence-corrected chi connectivity index (χ2v) is 8.59. The number of nitrogens with two attached hydrogens (primary N) is 1. The van der Waals surface area contributed by atoms with Crippen molar-refractivity contribution in [2.45, 2.75) is 44.1 Å². The molecule has 4 atom stereocenters. The third kappa shape index (κ3) is 4.27. The summed E-state index contributed by atoms with van der Waals surface area (Å²) in [6.07, 6.45) is -1.56. The molecule has 1 saturated heterocycles. The summed E-state index contributed by atoms with van der Waals surface area (Å²) in [5.41, 5.74) is 7.81. The van der Waals surface area contributed by atoms with Crippen molar-refractivity contribution in [2.24, 2.45) is 0 Å². The van der Waals surface area contributed by atoms with Crippen LogP contribution in [0.1, 0.15) is 23.7 Å². The lowest BCUT2D eigenvalue weighted by molar-refractivity contribution is -0.0987. The SMILES string of the molecule is C[C@]1(c2ccc3c(N)ncnn23)O[C@H](COCc2ccccc2)[C@@H](OCc2ccccc2)[C@H]1F. The molecule has 3 heterocycles. The van der Waals surface area contributed by atoms with Crippen LogP contribution < -0.4 is 5.73 Å². The zero-order chi connectivity index (χ0) is 23.5. The van der Waals surface area contributed by atoms with Gasteiger partial charge in [0.25, 0.3) is 0 Å². The van der Waals surface area contributed by atoms with Crippen LogP contribution in [0, 0.1) is 0 Å². The molecule has 5 rings (SSSR count). The highest BCUT2D eigenvalue weighted by Gasteiger charge is 2.56. The fourth-order valence-electron chi connectivity index (χ4n) is 4.43. The fourth-order valence-corrected chi connectivity index (χ4v) is 4.43. The van der Waals surface area contributed by atoms with Gasteiger partial charge >= 0.3 is 0 Å². The second kappa shape index (κ2) is 9.50. The molecule has 0 spiro atoms. The minimum absolute atomic E-state index is 0.185. The lowest BCUT2D eigenvalue weighted by Gasteiger charge is -2.26. The van der Waals surface area contributed by atoms with Gasteiger partial charge in [-0.05, 0) is 30.2 Å². The summed E-state index contributed by atoms with van der Waals surface area (Å²) in [4.78, 5) is 4.02. The number of nitrogens with zero attached hydrogens (tertiary/aromatic N) is 3. The number of rotatable bonds is 8. The molecule has 1 fully saturated rings. The average molecular weight is 463 g/mol. The van der Waals surface area contributed by atoms with Gasteiger partial charge in [-0.15, -0.1) is 0 Å². The molecule has 0 amide bonds. The molecule has 1 aliphatic heterocycles. The standard InChI is InChI=1S/C26H27FN4O3/c1-26(22-13-12-20-25(28)29-17-30-31(20)22)24(27)23(33-15-19-10-6-3-7-11-19)21(34-26)16-32-14-18-8-4-2-5-9-18/h2-13,17,21,23-24H,14-16H2,1H3,(H2,28,29,30)/t21-,23-,24-,26-/m1/s1. The highest BCUT2D eigenvalue weighted by atomic mass is 19.1. The largest absolute Gasteiger partial charge is 0.382 e. The summed E-state index contributed by atoms with van der Waals surface area (Å²) in [6.45, 7) is 2.57. The van der Waals surface area contributed by atoms with E-state index in [9.17, 15) is 0 Å². The van der Waals surface area contributed by atoms with Crippen molar-refractivity contribution in [3.8, 4) is 0 Å². The summed E-state index contributed by atoms with van der Waals surface area (Å²) >= 11 is 0. The van der Waals surface area contributed by atoms with Crippen molar-refractivity contribution >= 4 is 11.3 Å². The van der Waals surface area contributed by atoms with Crippen LogP contribution >= 0.6 is 0 Å². The molecule has 8 heteroatoms. The summed E-state index contributed by atoms with van der Waals surface area (Å²) in [7, 11) is 0. The van der Waals surface area contributed by atoms with Gasteiger partial charge in [0.15, 0.2) is 12.0 Å². The van der Waals surface area contributed by atoms with E-state index >= 15 is 4.39 Å². The van der Waals surface area contributed by atoms with E-state index in [2.05, 4.69) is 10.1 Å². The van der Waals surface area contributed by atoms with E-state index < -0.39 is 24.0 Å². The molecular weight excluding hydrogens is 435 g/mol. The van der Waals surface area contributed by atoms with Crippen LogP contribution in [0.4, 0.5) is 10.2 Å². The van der Waals surface area contributed by atoms with E-state index in [0.29, 0.717) is 23.6 Å². The number of fused-ring (bicyclic) bond motifs is 1. The topological polar surface area (TPSA) is 83.9 Å². The maximum absolute atomic E-state index is 16.1. The quantitative estimate of drug-likeness (QED) is 0.425. The number of halogens is 1. The number of hydrogen-bond donors (Lipinski definition) is 1. The molecule has 0 bridgehead atoms. The predicted octanol–water partition coefficient (Wildman–Crippen LogP) is 4.07. The van der Waals surface area contributed by atoms with E-state index in [1.807, 2.05) is 60.7 Å². The Morgan fingerprint density at radius 2 is 1.68 bits per heavy atom. The molecule has 2 aromatic heterocycles. The summed E-state index contributed by atoms with van der Waals surface area (Å²) < 4.78 is 36.1. The van der Waals surface area contributed by atoms with E-state index in [1.165, 1.54) is 6.33 Å². The molecular formula is C26H27FN4O3. The Morgan fingerprint density at radius 3 is 2.38 bits per heavy atom. The van der Waals surface area contributed by atoms with Crippen LogP contribution in [0.3, 0.4) is 0 Å². The molecule has 0 radical (unpaired) electrons. The Hall–Kier alpha value is -3.33. The predicted molar refractivity (Wildman–Crippen MR) is 126 cm³/mol. The Labute approximate surface area is 197 Å². The van der Waals surface area contributed by atoms with Gasteiger partial charge in [0.1, 0.15) is 29.7 Å². The monoisotopic (exact) mass is 462 g/mol. The van der Waals surface area contributed by atoms with Crippen molar-refractivity contribution < 1.29 is 18.6 Å². The molecule has 0 unspecified atom stereocenters. The lowest BCUT2D eigenvalue weighted by atomic mass is 9.94. The van der Waals surface area contributed by atoms with Gasteiger partial charge in [-0.2, -0.15) is 5.10 Å². The zero-order valence-electron chi connectivity index (χ0n) is 18.9. The number of anilines is 1. The van der Waals surface area contributed by atoms with Gasteiger partial charge in [0.2, 0.25) is 0 Å². The number of aromatic nitrogens is 3. The molecule has 1 aliphatic rings. The molecule has 34 heavy (non-hydrogen) atoms. The third-order valence-corrected chi connectivity index (χ3v) is 6.25. The normalized spacial score (nSPS) is 24.6. The van der Waals surface area contributed by atoms with Crippen molar-refractivity contribution in [3.05, 3.63) is 95.9 Å². The van der Waals surface area contributed by atoms with Crippen LogP contribution in [-0.4, -0.2) is 39.6 Å². The number of hydrogen-bond acceptors (Lipinski definition) is 6. The van der Waals surface area contributed by atoms with E-state index in [4.69, 9.17) is 19.9 Å². The number of nitrogen functional groups attached to an aromatic ring is 1. The number of alkyl halides is 1. The van der Waals surface area contributed by atoms with Crippen molar-refractivity contribution in [2.75, 3.05) is 12.3 Å². The van der Waals surface area contributed by atoms with Gasteiger partial charge in [0.05, 0.1) is 25.5 Å². The van der Waals surface area contributed by atoms with Gasteiger partial charge in [0, 0.05) is 0 Å². The van der Waals surface area contributed by atoms with Crippen LogP contribution in [0.25, 0.3) is 5.52 Å². The fraction of sp³-hybridized carbons (Fsp3) is 0.308. The van der Waals surface area contributed by atoms with E-state index in [0.717, 1.165) is 11.1 Å². The smallest absolute Gasteiger partial charge is 0.163 e. The van der Waals surface area contributed by atoms with E-state index in [1.54, 1.807) is 23.6 Å². The first-order valence-electron chi connectivity index (χ1n) is 11.2. The first kappa shape index (κ1) is 22.5. The summed E-state index contributed by atoms with van der Waals surface area (Å²) in [5, 5.41) is 4.28. The molecule has 2 N–H and O–H groups in total. The van der Waals surface area contributed by atoms with Gasteiger partial charge in [-0.25, -0.2) is 13.9 Å². The Kier molecular flexibility index (Phi) is 6.28.